The average Bonchev–Trinajstić information content (AvgIpc) is 2.45. The first-order valence-corrected chi connectivity index (χ1v) is 6.90. The van der Waals surface area contributed by atoms with Gasteiger partial charge in [-0.2, -0.15) is 0 Å². The fraction of sp³-hybridized carbons (Fsp3) is 0.533. The minimum Gasteiger partial charge on any atom is -0.488 e. The molecule has 2 amide bonds. The van der Waals surface area contributed by atoms with E-state index in [1.165, 1.54) is 4.90 Å². The van der Waals surface area contributed by atoms with Gasteiger partial charge in [0.1, 0.15) is 11.9 Å². The van der Waals surface area contributed by atoms with E-state index in [1.54, 1.807) is 7.05 Å². The van der Waals surface area contributed by atoms with E-state index in [1.807, 2.05) is 38.1 Å². The summed E-state index contributed by atoms with van der Waals surface area (Å²) in [6.45, 7) is 4.74. The van der Waals surface area contributed by atoms with Crippen molar-refractivity contribution >= 4 is 6.03 Å². The van der Waals surface area contributed by atoms with Gasteiger partial charge >= 0.3 is 6.03 Å². The van der Waals surface area contributed by atoms with E-state index < -0.39 is 0 Å². The topological polar surface area (TPSA) is 61.8 Å². The minimum atomic E-state index is -0.203. The lowest BCUT2D eigenvalue weighted by molar-refractivity contribution is 0.170. The molecule has 0 heterocycles. The van der Waals surface area contributed by atoms with Crippen LogP contribution < -0.4 is 10.1 Å². The molecule has 0 bridgehead atoms. The predicted molar refractivity (Wildman–Crippen MR) is 79.0 cm³/mol. The molecule has 0 saturated carbocycles. The SMILES string of the molecule is CCC(CNC(=O)N(C)CCO)Oc1ccccc1C. The lowest BCUT2D eigenvalue weighted by atomic mass is 10.2. The molecule has 2 N–H and O–H groups in total. The fourth-order valence-electron chi connectivity index (χ4n) is 1.73. The van der Waals surface area contributed by atoms with E-state index in [4.69, 9.17) is 9.84 Å². The summed E-state index contributed by atoms with van der Waals surface area (Å²) >= 11 is 0. The van der Waals surface area contributed by atoms with Crippen molar-refractivity contribution in [3.8, 4) is 5.75 Å². The summed E-state index contributed by atoms with van der Waals surface area (Å²) in [7, 11) is 1.65. The van der Waals surface area contributed by atoms with Crippen LogP contribution in [0.5, 0.6) is 5.75 Å². The van der Waals surface area contributed by atoms with Gasteiger partial charge in [0.25, 0.3) is 0 Å². The van der Waals surface area contributed by atoms with Crippen LogP contribution in [0.4, 0.5) is 4.79 Å². The van der Waals surface area contributed by atoms with Crippen LogP contribution in [0.2, 0.25) is 0 Å². The third-order valence-electron chi connectivity index (χ3n) is 3.11. The van der Waals surface area contributed by atoms with Crippen molar-refractivity contribution in [2.45, 2.75) is 26.4 Å². The van der Waals surface area contributed by atoms with Gasteiger partial charge in [0.05, 0.1) is 13.2 Å². The zero-order valence-electron chi connectivity index (χ0n) is 12.4. The molecule has 20 heavy (non-hydrogen) atoms. The van der Waals surface area contributed by atoms with Gasteiger partial charge in [-0.15, -0.1) is 0 Å². The van der Waals surface area contributed by atoms with Crippen LogP contribution >= 0.6 is 0 Å². The second kappa shape index (κ2) is 8.43. The maximum absolute atomic E-state index is 11.7. The van der Waals surface area contributed by atoms with Crippen molar-refractivity contribution in [3.05, 3.63) is 29.8 Å². The molecule has 1 atom stereocenters. The Morgan fingerprint density at radius 2 is 2.15 bits per heavy atom. The Balaban J connectivity index is 2.48. The Kier molecular flexibility index (Phi) is 6.87. The third kappa shape index (κ3) is 5.09. The molecule has 1 aromatic rings. The summed E-state index contributed by atoms with van der Waals surface area (Å²) in [6.07, 6.45) is 0.737. The molecule has 0 aliphatic carbocycles. The quantitative estimate of drug-likeness (QED) is 0.800. The maximum atomic E-state index is 11.7. The van der Waals surface area contributed by atoms with Crippen molar-refractivity contribution in [3.63, 3.8) is 0 Å². The number of rotatable bonds is 7. The number of ether oxygens (including phenoxy) is 1. The monoisotopic (exact) mass is 280 g/mol. The van der Waals surface area contributed by atoms with E-state index in [0.29, 0.717) is 13.1 Å². The molecule has 0 aliphatic heterocycles. The van der Waals surface area contributed by atoms with Crippen molar-refractivity contribution in [1.29, 1.82) is 0 Å². The molecule has 1 aromatic carbocycles. The van der Waals surface area contributed by atoms with Crippen molar-refractivity contribution in [2.75, 3.05) is 26.7 Å². The first kappa shape index (κ1) is 16.3. The number of likely N-dealkylation sites (N-methyl/N-ethyl adjacent to an activating group) is 1. The number of para-hydroxylation sites is 1. The second-order valence-electron chi connectivity index (χ2n) is 4.74. The van der Waals surface area contributed by atoms with Gasteiger partial charge in [-0.05, 0) is 25.0 Å². The molecular formula is C15H24N2O3. The van der Waals surface area contributed by atoms with Gasteiger partial charge in [0.15, 0.2) is 0 Å². The normalized spacial score (nSPS) is 11.8. The van der Waals surface area contributed by atoms with Gasteiger partial charge in [-0.25, -0.2) is 4.79 Å². The molecule has 1 unspecified atom stereocenters. The van der Waals surface area contributed by atoms with Crippen LogP contribution in [0.1, 0.15) is 18.9 Å². The summed E-state index contributed by atoms with van der Waals surface area (Å²) in [5.74, 6) is 0.845. The number of urea groups is 1. The largest absolute Gasteiger partial charge is 0.488 e. The molecule has 0 aliphatic rings. The molecule has 0 aromatic heterocycles. The van der Waals surface area contributed by atoms with Crippen molar-refractivity contribution in [1.82, 2.24) is 10.2 Å². The lowest BCUT2D eigenvalue weighted by Gasteiger charge is -2.22. The van der Waals surface area contributed by atoms with Crippen LogP contribution in [0.3, 0.4) is 0 Å². The molecule has 1 rings (SSSR count). The molecule has 0 saturated heterocycles. The first-order valence-electron chi connectivity index (χ1n) is 6.90. The smallest absolute Gasteiger partial charge is 0.317 e. The van der Waals surface area contributed by atoms with E-state index in [0.717, 1.165) is 17.7 Å². The molecule has 112 valence electrons. The summed E-state index contributed by atoms with van der Waals surface area (Å²) in [5.41, 5.74) is 1.08. The van der Waals surface area contributed by atoms with Crippen LogP contribution in [-0.2, 0) is 0 Å². The summed E-state index contributed by atoms with van der Waals surface area (Å²) in [5, 5.41) is 11.6. The first-order chi connectivity index (χ1) is 9.58. The summed E-state index contributed by atoms with van der Waals surface area (Å²) in [4.78, 5) is 13.2. The van der Waals surface area contributed by atoms with Crippen LogP contribution in [0, 0.1) is 6.92 Å². The third-order valence-corrected chi connectivity index (χ3v) is 3.11. The van der Waals surface area contributed by atoms with E-state index >= 15 is 0 Å². The Morgan fingerprint density at radius 1 is 1.45 bits per heavy atom. The average molecular weight is 280 g/mol. The second-order valence-corrected chi connectivity index (χ2v) is 4.74. The zero-order valence-corrected chi connectivity index (χ0v) is 12.4. The molecule has 5 nitrogen and oxygen atoms in total. The Bertz CT molecular complexity index is 423. The van der Waals surface area contributed by atoms with Crippen LogP contribution in [0.15, 0.2) is 24.3 Å². The van der Waals surface area contributed by atoms with Crippen LogP contribution in [-0.4, -0.2) is 48.9 Å². The Labute approximate surface area is 120 Å². The highest BCUT2D eigenvalue weighted by Crippen LogP contribution is 2.18. The van der Waals surface area contributed by atoms with Gasteiger partial charge in [-0.3, -0.25) is 0 Å². The molecule has 0 fully saturated rings. The summed E-state index contributed by atoms with van der Waals surface area (Å²) < 4.78 is 5.90. The van der Waals surface area contributed by atoms with Crippen LogP contribution in [0.25, 0.3) is 0 Å². The highest BCUT2D eigenvalue weighted by Gasteiger charge is 2.13. The Hall–Kier alpha value is -1.75. The Morgan fingerprint density at radius 3 is 2.75 bits per heavy atom. The number of hydrogen-bond acceptors (Lipinski definition) is 3. The number of hydrogen-bond donors (Lipinski definition) is 2. The standard InChI is InChI=1S/C15H24N2O3/c1-4-13(11-16-15(19)17(3)9-10-18)20-14-8-6-5-7-12(14)2/h5-8,13,18H,4,9-11H2,1-3H3,(H,16,19). The summed E-state index contributed by atoms with van der Waals surface area (Å²) in [6, 6.07) is 7.62. The number of amides is 2. The lowest BCUT2D eigenvalue weighted by Crippen LogP contribution is -2.43. The minimum absolute atomic E-state index is 0.0408. The zero-order chi connectivity index (χ0) is 15.0. The highest BCUT2D eigenvalue weighted by molar-refractivity contribution is 5.73. The maximum Gasteiger partial charge on any atom is 0.317 e. The van der Waals surface area contributed by atoms with Crippen molar-refractivity contribution < 1.29 is 14.6 Å². The number of nitrogens with one attached hydrogen (secondary N) is 1. The highest BCUT2D eigenvalue weighted by atomic mass is 16.5. The molecular weight excluding hydrogens is 256 g/mol. The number of aryl methyl sites for hydroxylation is 1. The number of nitrogens with zero attached hydrogens (tertiary/aromatic N) is 1. The van der Waals surface area contributed by atoms with Gasteiger partial charge in [0, 0.05) is 13.6 Å². The van der Waals surface area contributed by atoms with Gasteiger partial charge in [0.2, 0.25) is 0 Å². The van der Waals surface area contributed by atoms with Gasteiger partial charge in [-0.1, -0.05) is 25.1 Å². The molecule has 5 heteroatoms. The van der Waals surface area contributed by atoms with E-state index in [2.05, 4.69) is 5.32 Å². The van der Waals surface area contributed by atoms with Gasteiger partial charge < -0.3 is 20.1 Å². The number of carbonyl (C=O) groups is 1. The van der Waals surface area contributed by atoms with E-state index in [-0.39, 0.29) is 18.7 Å². The fourth-order valence-corrected chi connectivity index (χ4v) is 1.73. The number of aliphatic hydroxyl groups is 1. The van der Waals surface area contributed by atoms with Crippen molar-refractivity contribution in [2.24, 2.45) is 0 Å². The predicted octanol–water partition coefficient (Wildman–Crippen LogP) is 1.79. The number of carbonyl (C=O) groups excluding carboxylic acids is 1. The molecule has 0 spiro atoms. The molecule has 0 radical (unpaired) electrons. The number of aliphatic hydroxyl groups excluding tert-OH is 1. The van der Waals surface area contributed by atoms with E-state index in [9.17, 15) is 4.79 Å². The number of benzene rings is 1.